The summed E-state index contributed by atoms with van der Waals surface area (Å²) in [5.41, 5.74) is 1.36. The highest BCUT2D eigenvalue weighted by Gasteiger charge is 2.12. The lowest BCUT2D eigenvalue weighted by Crippen LogP contribution is -2.26. The Labute approximate surface area is 185 Å². The Hall–Kier alpha value is -3.94. The average molecular weight is 439 g/mol. The third-order valence-corrected chi connectivity index (χ3v) is 4.70. The first kappa shape index (κ1) is 22.7. The summed E-state index contributed by atoms with van der Waals surface area (Å²) in [7, 11) is 4.71. The summed E-state index contributed by atoms with van der Waals surface area (Å²) in [5, 5.41) is 2.73. The van der Waals surface area contributed by atoms with Crippen LogP contribution in [0, 0.1) is 0 Å². The van der Waals surface area contributed by atoms with Crippen LogP contribution in [0.15, 0.2) is 64.0 Å². The number of nitrogens with one attached hydrogen (secondary N) is 1. The van der Waals surface area contributed by atoms with Crippen LogP contribution in [0.2, 0.25) is 0 Å². The minimum Gasteiger partial charge on any atom is -0.497 e. The van der Waals surface area contributed by atoms with Gasteiger partial charge in [0.2, 0.25) is 11.2 Å². The molecule has 1 aromatic heterocycles. The largest absolute Gasteiger partial charge is 0.497 e. The summed E-state index contributed by atoms with van der Waals surface area (Å²) >= 11 is 0. The summed E-state index contributed by atoms with van der Waals surface area (Å²) in [6, 6.07) is 14.0. The Morgan fingerprint density at radius 1 is 0.906 bits per heavy atom. The Morgan fingerprint density at radius 3 is 2.44 bits per heavy atom. The van der Waals surface area contributed by atoms with E-state index in [1.165, 1.54) is 0 Å². The molecule has 0 aliphatic carbocycles. The summed E-state index contributed by atoms with van der Waals surface area (Å²) in [6.07, 6.45) is 1.71. The lowest BCUT2D eigenvalue weighted by atomic mass is 10.1. The predicted octanol–water partition coefficient (Wildman–Crippen LogP) is 3.22. The monoisotopic (exact) mass is 439 g/mol. The molecule has 8 heteroatoms. The highest BCUT2D eigenvalue weighted by molar-refractivity contribution is 5.91. The van der Waals surface area contributed by atoms with E-state index in [0.29, 0.717) is 30.2 Å². The number of hydrogen-bond acceptors (Lipinski definition) is 7. The highest BCUT2D eigenvalue weighted by Crippen LogP contribution is 2.27. The van der Waals surface area contributed by atoms with Crippen molar-refractivity contribution in [3.8, 4) is 23.0 Å². The highest BCUT2D eigenvalue weighted by atomic mass is 16.5. The van der Waals surface area contributed by atoms with Gasteiger partial charge in [-0.25, -0.2) is 0 Å². The molecule has 0 atom stereocenters. The van der Waals surface area contributed by atoms with Gasteiger partial charge in [-0.2, -0.15) is 0 Å². The molecule has 168 valence electrons. The Balaban J connectivity index is 1.55. The van der Waals surface area contributed by atoms with Crippen LogP contribution in [0.4, 0.5) is 0 Å². The van der Waals surface area contributed by atoms with Crippen molar-refractivity contribution in [2.45, 2.75) is 13.0 Å². The van der Waals surface area contributed by atoms with Crippen molar-refractivity contribution in [1.82, 2.24) is 5.32 Å². The van der Waals surface area contributed by atoms with Gasteiger partial charge in [0.1, 0.15) is 18.6 Å². The Kier molecular flexibility index (Phi) is 7.75. The standard InChI is InChI=1S/C24H25NO7/c1-28-18-6-4-5-17(11-18)14-31-23-15-32-22(13-19(23)26)24(27)25-10-9-16-7-8-20(29-2)21(12-16)30-3/h4-8,11-13,15H,9-10,14H2,1-3H3,(H,25,27). The van der Waals surface area contributed by atoms with Gasteiger partial charge in [-0.3, -0.25) is 9.59 Å². The first-order valence-electron chi connectivity index (χ1n) is 9.91. The van der Waals surface area contributed by atoms with E-state index in [-0.39, 0.29) is 18.1 Å². The number of methoxy groups -OCH3 is 3. The molecule has 0 spiro atoms. The maximum absolute atomic E-state index is 12.3. The molecule has 8 nitrogen and oxygen atoms in total. The van der Waals surface area contributed by atoms with Crippen LogP contribution in [0.5, 0.6) is 23.0 Å². The lowest BCUT2D eigenvalue weighted by molar-refractivity contribution is 0.0923. The van der Waals surface area contributed by atoms with E-state index in [9.17, 15) is 9.59 Å². The van der Waals surface area contributed by atoms with Crippen molar-refractivity contribution in [3.63, 3.8) is 0 Å². The van der Waals surface area contributed by atoms with Crippen LogP contribution in [0.1, 0.15) is 21.7 Å². The molecule has 1 amide bonds. The van der Waals surface area contributed by atoms with Crippen LogP contribution in [0.25, 0.3) is 0 Å². The van der Waals surface area contributed by atoms with Crippen molar-refractivity contribution in [2.24, 2.45) is 0 Å². The maximum Gasteiger partial charge on any atom is 0.287 e. The number of amides is 1. The number of carbonyl (C=O) groups excluding carboxylic acids is 1. The van der Waals surface area contributed by atoms with Crippen molar-refractivity contribution < 1.29 is 28.2 Å². The Bertz CT molecular complexity index is 1120. The van der Waals surface area contributed by atoms with Gasteiger partial charge in [0.15, 0.2) is 17.3 Å². The summed E-state index contributed by atoms with van der Waals surface area (Å²) in [4.78, 5) is 24.6. The molecule has 1 N–H and O–H groups in total. The molecule has 0 aliphatic rings. The molecule has 32 heavy (non-hydrogen) atoms. The molecule has 0 saturated heterocycles. The minimum absolute atomic E-state index is 0.0229. The van der Waals surface area contributed by atoms with Gasteiger partial charge >= 0.3 is 0 Å². The zero-order valence-corrected chi connectivity index (χ0v) is 18.2. The first-order valence-corrected chi connectivity index (χ1v) is 9.91. The van der Waals surface area contributed by atoms with Crippen LogP contribution in [-0.4, -0.2) is 33.8 Å². The molecule has 0 unspecified atom stereocenters. The summed E-state index contributed by atoms with van der Waals surface area (Å²) in [5.74, 6) is 1.40. The molecule has 3 rings (SSSR count). The number of hydrogen-bond donors (Lipinski definition) is 1. The fraction of sp³-hybridized carbons (Fsp3) is 0.250. The van der Waals surface area contributed by atoms with Gasteiger partial charge in [-0.15, -0.1) is 0 Å². The fourth-order valence-corrected chi connectivity index (χ4v) is 2.99. The molecular formula is C24H25NO7. The van der Waals surface area contributed by atoms with Gasteiger partial charge in [0.25, 0.3) is 5.91 Å². The van der Waals surface area contributed by atoms with Gasteiger partial charge in [-0.1, -0.05) is 18.2 Å². The van der Waals surface area contributed by atoms with Crippen molar-refractivity contribution >= 4 is 5.91 Å². The van der Waals surface area contributed by atoms with Crippen LogP contribution >= 0.6 is 0 Å². The van der Waals surface area contributed by atoms with E-state index in [0.717, 1.165) is 23.5 Å². The quantitative estimate of drug-likeness (QED) is 0.518. The second-order valence-electron chi connectivity index (χ2n) is 6.81. The van der Waals surface area contributed by atoms with Gasteiger partial charge < -0.3 is 28.7 Å². The molecule has 0 saturated carbocycles. The minimum atomic E-state index is -0.484. The maximum atomic E-state index is 12.3. The summed E-state index contributed by atoms with van der Waals surface area (Å²) < 4.78 is 26.5. The predicted molar refractivity (Wildman–Crippen MR) is 118 cm³/mol. The third kappa shape index (κ3) is 5.81. The smallest absolute Gasteiger partial charge is 0.287 e. The fourth-order valence-electron chi connectivity index (χ4n) is 2.99. The average Bonchev–Trinajstić information content (AvgIpc) is 2.83. The Morgan fingerprint density at radius 2 is 1.72 bits per heavy atom. The zero-order valence-electron chi connectivity index (χ0n) is 18.2. The van der Waals surface area contributed by atoms with Crippen LogP contribution in [0.3, 0.4) is 0 Å². The van der Waals surface area contributed by atoms with Crippen molar-refractivity contribution in [3.05, 3.63) is 81.9 Å². The molecule has 0 fully saturated rings. The molecule has 3 aromatic rings. The van der Waals surface area contributed by atoms with E-state index in [2.05, 4.69) is 5.32 Å². The SMILES string of the molecule is COc1cccc(COc2coc(C(=O)NCCc3ccc(OC)c(OC)c3)cc2=O)c1. The number of ether oxygens (including phenoxy) is 4. The van der Waals surface area contributed by atoms with Gasteiger partial charge in [-0.05, 0) is 41.8 Å². The van der Waals surface area contributed by atoms with E-state index in [4.69, 9.17) is 23.4 Å². The number of rotatable bonds is 10. The number of carbonyl (C=O) groups is 1. The molecular weight excluding hydrogens is 414 g/mol. The molecule has 1 heterocycles. The van der Waals surface area contributed by atoms with E-state index < -0.39 is 11.3 Å². The first-order chi connectivity index (χ1) is 15.5. The molecule has 0 bridgehead atoms. The van der Waals surface area contributed by atoms with Gasteiger partial charge in [0, 0.05) is 12.6 Å². The van der Waals surface area contributed by atoms with E-state index >= 15 is 0 Å². The summed E-state index contributed by atoms with van der Waals surface area (Å²) in [6.45, 7) is 0.519. The zero-order chi connectivity index (χ0) is 22.9. The topological polar surface area (TPSA) is 96.2 Å². The molecule has 0 radical (unpaired) electrons. The normalized spacial score (nSPS) is 10.3. The third-order valence-electron chi connectivity index (χ3n) is 4.70. The van der Waals surface area contributed by atoms with Crippen molar-refractivity contribution in [2.75, 3.05) is 27.9 Å². The van der Waals surface area contributed by atoms with E-state index in [1.807, 2.05) is 36.4 Å². The van der Waals surface area contributed by atoms with Crippen molar-refractivity contribution in [1.29, 1.82) is 0 Å². The van der Waals surface area contributed by atoms with E-state index in [1.54, 1.807) is 27.4 Å². The lowest BCUT2D eigenvalue weighted by Gasteiger charge is -2.10. The second-order valence-corrected chi connectivity index (χ2v) is 6.81. The molecule has 0 aliphatic heterocycles. The molecule has 2 aromatic carbocycles. The van der Waals surface area contributed by atoms with Crippen LogP contribution < -0.4 is 29.7 Å². The van der Waals surface area contributed by atoms with Gasteiger partial charge in [0.05, 0.1) is 21.3 Å². The van der Waals surface area contributed by atoms with Crippen LogP contribution in [-0.2, 0) is 13.0 Å². The second kappa shape index (κ2) is 10.9. The number of benzene rings is 2.